The first-order valence-corrected chi connectivity index (χ1v) is 13.3. The number of amides is 2. The summed E-state index contributed by atoms with van der Waals surface area (Å²) < 4.78 is 32.4. The monoisotopic (exact) mass is 513 g/mol. The largest absolute Gasteiger partial charge is 0.465 e. The van der Waals surface area contributed by atoms with Crippen LogP contribution >= 0.6 is 11.3 Å². The summed E-state index contributed by atoms with van der Waals surface area (Å²) in [5, 5.41) is 0. The smallest absolute Gasteiger partial charge is 0.337 e. The maximum absolute atomic E-state index is 12.7. The molecular weight excluding hydrogens is 490 g/mol. The molecular formula is C24H23N3O6S2. The molecule has 9 nitrogen and oxygen atoms in total. The predicted molar refractivity (Wildman–Crippen MR) is 133 cm³/mol. The van der Waals surface area contributed by atoms with Crippen molar-refractivity contribution in [3.8, 4) is 0 Å². The number of para-hydroxylation sites is 1. The van der Waals surface area contributed by atoms with E-state index in [1.807, 2.05) is 12.1 Å². The van der Waals surface area contributed by atoms with Crippen LogP contribution < -0.4 is 9.70 Å². The summed E-state index contributed by atoms with van der Waals surface area (Å²) in [5.41, 5.74) is 2.73. The maximum atomic E-state index is 12.7. The van der Waals surface area contributed by atoms with E-state index < -0.39 is 39.1 Å². The number of allylic oxidation sites excluding steroid dienone is 1. The van der Waals surface area contributed by atoms with Crippen LogP contribution in [0, 0.1) is 0 Å². The van der Waals surface area contributed by atoms with Crippen LogP contribution in [0.25, 0.3) is 10.2 Å². The van der Waals surface area contributed by atoms with E-state index in [1.54, 1.807) is 41.0 Å². The molecule has 2 amide bonds. The first kappa shape index (κ1) is 24.6. The minimum atomic E-state index is -4.04. The average Bonchev–Trinajstić information content (AvgIpc) is 3.39. The fourth-order valence-corrected chi connectivity index (χ4v) is 6.12. The lowest BCUT2D eigenvalue weighted by Gasteiger charge is -2.17. The molecule has 0 bridgehead atoms. The lowest BCUT2D eigenvalue weighted by Crippen LogP contribution is -2.36. The summed E-state index contributed by atoms with van der Waals surface area (Å²) in [6, 6.07) is 12.3. The van der Waals surface area contributed by atoms with Crippen LogP contribution in [-0.2, 0) is 37.1 Å². The molecule has 0 unspecified atom stereocenters. The number of fused-ring (bicyclic) bond motifs is 2. The van der Waals surface area contributed by atoms with Gasteiger partial charge in [-0.25, -0.2) is 13.2 Å². The van der Waals surface area contributed by atoms with Gasteiger partial charge in [-0.3, -0.25) is 9.59 Å². The van der Waals surface area contributed by atoms with Crippen molar-refractivity contribution >= 4 is 54.9 Å². The third-order valence-corrected chi connectivity index (χ3v) is 7.93. The van der Waals surface area contributed by atoms with Gasteiger partial charge in [-0.2, -0.15) is 4.99 Å². The molecule has 0 spiro atoms. The van der Waals surface area contributed by atoms with Gasteiger partial charge in [0, 0.05) is 18.8 Å². The van der Waals surface area contributed by atoms with Crippen molar-refractivity contribution in [2.75, 3.05) is 30.1 Å². The predicted octanol–water partition coefficient (Wildman–Crippen LogP) is 2.11. The van der Waals surface area contributed by atoms with Crippen LogP contribution in [0.3, 0.4) is 0 Å². The highest BCUT2D eigenvalue weighted by Gasteiger charge is 2.29. The molecule has 0 N–H and O–H groups in total. The SMILES string of the molecule is C=CCn1c(=NC(=O)CS(=O)(=O)CC(=O)N2CCc3ccccc32)sc2cc(C(=O)OC)ccc21. The molecule has 0 aliphatic carbocycles. The molecule has 1 aliphatic rings. The van der Waals surface area contributed by atoms with Crippen LogP contribution in [0.2, 0.25) is 0 Å². The third kappa shape index (κ3) is 5.25. The zero-order valence-corrected chi connectivity index (χ0v) is 20.6. The number of hydrogen-bond acceptors (Lipinski definition) is 7. The van der Waals surface area contributed by atoms with E-state index in [9.17, 15) is 22.8 Å². The topological polar surface area (TPSA) is 115 Å². The lowest BCUT2D eigenvalue weighted by molar-refractivity contribution is -0.116. The first-order chi connectivity index (χ1) is 16.7. The number of rotatable bonds is 7. The highest BCUT2D eigenvalue weighted by Crippen LogP contribution is 2.27. The van der Waals surface area contributed by atoms with Gasteiger partial charge in [-0.1, -0.05) is 35.6 Å². The van der Waals surface area contributed by atoms with Crippen LogP contribution in [0.5, 0.6) is 0 Å². The normalized spacial score (nSPS) is 13.6. The number of nitrogens with zero attached hydrogens (tertiary/aromatic N) is 3. The second kappa shape index (κ2) is 9.96. The Morgan fingerprint density at radius 1 is 1.17 bits per heavy atom. The van der Waals surface area contributed by atoms with E-state index in [4.69, 9.17) is 4.74 Å². The number of aromatic nitrogens is 1. The zero-order valence-electron chi connectivity index (χ0n) is 19.0. The van der Waals surface area contributed by atoms with Crippen molar-refractivity contribution in [2.45, 2.75) is 13.0 Å². The fourth-order valence-electron chi connectivity index (χ4n) is 3.95. The van der Waals surface area contributed by atoms with Gasteiger partial charge in [-0.05, 0) is 36.2 Å². The molecule has 35 heavy (non-hydrogen) atoms. The molecule has 0 fully saturated rings. The molecule has 0 saturated carbocycles. The van der Waals surface area contributed by atoms with Crippen molar-refractivity contribution in [3.05, 3.63) is 71.0 Å². The number of anilines is 1. The molecule has 182 valence electrons. The zero-order chi connectivity index (χ0) is 25.2. The van der Waals surface area contributed by atoms with Gasteiger partial charge in [0.1, 0.15) is 11.5 Å². The highest BCUT2D eigenvalue weighted by molar-refractivity contribution is 7.92. The van der Waals surface area contributed by atoms with E-state index in [0.717, 1.165) is 16.9 Å². The van der Waals surface area contributed by atoms with E-state index in [-0.39, 0.29) is 4.80 Å². The third-order valence-electron chi connectivity index (χ3n) is 5.51. The summed E-state index contributed by atoms with van der Waals surface area (Å²) in [4.78, 5) is 42.9. The molecule has 2 heterocycles. The van der Waals surface area contributed by atoms with E-state index in [0.29, 0.717) is 41.0 Å². The average molecular weight is 514 g/mol. The Morgan fingerprint density at radius 2 is 1.94 bits per heavy atom. The molecule has 2 aromatic carbocycles. The summed E-state index contributed by atoms with van der Waals surface area (Å²) in [6.07, 6.45) is 2.27. The molecule has 1 aromatic heterocycles. The number of carbonyl (C=O) groups excluding carboxylic acids is 3. The number of carbonyl (C=O) groups is 3. The Bertz CT molecular complexity index is 1520. The molecule has 1 aliphatic heterocycles. The number of ether oxygens (including phenoxy) is 1. The number of benzene rings is 2. The number of sulfone groups is 1. The van der Waals surface area contributed by atoms with Crippen molar-refractivity contribution in [2.24, 2.45) is 4.99 Å². The van der Waals surface area contributed by atoms with E-state index >= 15 is 0 Å². The maximum Gasteiger partial charge on any atom is 0.337 e. The van der Waals surface area contributed by atoms with Gasteiger partial charge in [-0.15, -0.1) is 6.58 Å². The fraction of sp³-hybridized carbons (Fsp3) is 0.250. The van der Waals surface area contributed by atoms with Crippen LogP contribution in [0.4, 0.5) is 5.69 Å². The number of hydrogen-bond donors (Lipinski definition) is 0. The summed E-state index contributed by atoms with van der Waals surface area (Å²) in [6.45, 7) is 4.44. The molecule has 3 aromatic rings. The van der Waals surface area contributed by atoms with E-state index in [1.165, 1.54) is 12.0 Å². The van der Waals surface area contributed by atoms with Gasteiger partial charge in [0.25, 0.3) is 5.91 Å². The molecule has 4 rings (SSSR count). The minimum absolute atomic E-state index is 0.266. The second-order valence-electron chi connectivity index (χ2n) is 7.92. The van der Waals surface area contributed by atoms with Crippen LogP contribution in [0.1, 0.15) is 15.9 Å². The Morgan fingerprint density at radius 3 is 2.69 bits per heavy atom. The van der Waals surface area contributed by atoms with E-state index in [2.05, 4.69) is 11.6 Å². The summed E-state index contributed by atoms with van der Waals surface area (Å²) >= 11 is 1.14. The Kier molecular flexibility index (Phi) is 6.99. The van der Waals surface area contributed by atoms with Crippen LogP contribution in [-0.4, -0.2) is 55.9 Å². The molecule has 0 saturated heterocycles. The number of methoxy groups -OCH3 is 1. The van der Waals surface area contributed by atoms with Crippen molar-refractivity contribution in [1.82, 2.24) is 4.57 Å². The molecule has 0 radical (unpaired) electrons. The van der Waals surface area contributed by atoms with Gasteiger partial charge < -0.3 is 14.2 Å². The van der Waals surface area contributed by atoms with Gasteiger partial charge in [0.05, 0.1) is 22.9 Å². The van der Waals surface area contributed by atoms with Crippen molar-refractivity contribution < 1.29 is 27.5 Å². The van der Waals surface area contributed by atoms with Gasteiger partial charge in [0.15, 0.2) is 14.6 Å². The number of esters is 1. The quantitative estimate of drug-likeness (QED) is 0.353. The molecule has 11 heteroatoms. The molecule has 0 atom stereocenters. The van der Waals surface area contributed by atoms with Crippen LogP contribution in [0.15, 0.2) is 60.1 Å². The Labute approximate surface area is 205 Å². The van der Waals surface area contributed by atoms with Crippen molar-refractivity contribution in [1.29, 1.82) is 0 Å². The standard InChI is InChI=1S/C24H23N3O6S2/c1-3-11-27-19-9-8-17(23(30)33-2)13-20(19)34-24(27)25-21(28)14-35(31,32)15-22(29)26-12-10-16-6-4-5-7-18(16)26/h3-9,13H,1,10-12,14-15H2,2H3. The van der Waals surface area contributed by atoms with Crippen molar-refractivity contribution in [3.63, 3.8) is 0 Å². The summed E-state index contributed by atoms with van der Waals surface area (Å²) in [7, 11) is -2.75. The first-order valence-electron chi connectivity index (χ1n) is 10.7. The minimum Gasteiger partial charge on any atom is -0.465 e. The lowest BCUT2D eigenvalue weighted by atomic mass is 10.2. The summed E-state index contributed by atoms with van der Waals surface area (Å²) in [5.74, 6) is -3.60. The van der Waals surface area contributed by atoms with Gasteiger partial charge >= 0.3 is 5.97 Å². The second-order valence-corrected chi connectivity index (χ2v) is 11.0. The Balaban J connectivity index is 1.55. The van der Waals surface area contributed by atoms with Gasteiger partial charge in [0.2, 0.25) is 5.91 Å². The number of thiazole rings is 1. The highest BCUT2D eigenvalue weighted by atomic mass is 32.2. The Hall–Kier alpha value is -3.57.